The Labute approximate surface area is 137 Å². The zero-order valence-electron chi connectivity index (χ0n) is 13.2. The van der Waals surface area contributed by atoms with Crippen LogP contribution in [0.25, 0.3) is 0 Å². The van der Waals surface area contributed by atoms with E-state index in [0.717, 1.165) is 34.8 Å². The minimum absolute atomic E-state index is 0.241. The van der Waals surface area contributed by atoms with E-state index in [1.54, 1.807) is 6.07 Å². The Morgan fingerprint density at radius 1 is 1.29 bits per heavy atom. The van der Waals surface area contributed by atoms with E-state index in [-0.39, 0.29) is 6.04 Å². The van der Waals surface area contributed by atoms with Crippen LogP contribution in [0.4, 0.5) is 0 Å². The summed E-state index contributed by atoms with van der Waals surface area (Å²) in [5, 5.41) is 13.7. The monoisotopic (exact) mass is 353 g/mol. The van der Waals surface area contributed by atoms with E-state index < -0.39 is 0 Å². The number of rotatable bonds is 6. The molecule has 1 unspecified atom stereocenters. The van der Waals surface area contributed by atoms with Crippen LogP contribution in [0.5, 0.6) is 5.75 Å². The molecule has 118 valence electrons. The van der Waals surface area contributed by atoms with Crippen molar-refractivity contribution in [1.29, 1.82) is 0 Å². The van der Waals surface area contributed by atoms with Crippen LogP contribution in [-0.2, 0) is 0 Å². The molecule has 2 nitrogen and oxygen atoms in total. The van der Waals surface area contributed by atoms with Crippen LogP contribution < -0.4 is 5.32 Å². The molecule has 3 heteroatoms. The molecule has 0 amide bonds. The molecular weight excluding hydrogens is 326 g/mol. The van der Waals surface area contributed by atoms with Crippen molar-refractivity contribution in [2.45, 2.75) is 58.4 Å². The van der Waals surface area contributed by atoms with Gasteiger partial charge in [0, 0.05) is 16.1 Å². The Morgan fingerprint density at radius 2 is 2.00 bits per heavy atom. The van der Waals surface area contributed by atoms with Gasteiger partial charge in [-0.3, -0.25) is 0 Å². The van der Waals surface area contributed by atoms with Crippen LogP contribution in [0.1, 0.15) is 64.0 Å². The average molecular weight is 354 g/mol. The SMILES string of the molecule is CCC(NCCC1CCC(C)CC1)c1cc(Br)ccc1O. The molecule has 2 N–H and O–H groups in total. The number of halogens is 1. The lowest BCUT2D eigenvalue weighted by Crippen LogP contribution is -2.25. The third-order valence-corrected chi connectivity index (χ3v) is 5.35. The normalized spacial score (nSPS) is 24.0. The van der Waals surface area contributed by atoms with Gasteiger partial charge in [0.25, 0.3) is 0 Å². The largest absolute Gasteiger partial charge is 0.508 e. The van der Waals surface area contributed by atoms with E-state index in [1.165, 1.54) is 32.1 Å². The van der Waals surface area contributed by atoms with Crippen molar-refractivity contribution >= 4 is 15.9 Å². The quantitative estimate of drug-likeness (QED) is 0.716. The van der Waals surface area contributed by atoms with Crippen molar-refractivity contribution in [2.24, 2.45) is 11.8 Å². The minimum Gasteiger partial charge on any atom is -0.508 e. The second-order valence-corrected chi connectivity index (χ2v) is 7.45. The van der Waals surface area contributed by atoms with Crippen molar-refractivity contribution in [3.05, 3.63) is 28.2 Å². The molecule has 1 aliphatic rings. The summed E-state index contributed by atoms with van der Waals surface area (Å²) in [6.07, 6.45) is 7.83. The summed E-state index contributed by atoms with van der Waals surface area (Å²) >= 11 is 3.49. The predicted octanol–water partition coefficient (Wildman–Crippen LogP) is 5.41. The third kappa shape index (κ3) is 5.00. The lowest BCUT2D eigenvalue weighted by Gasteiger charge is -2.27. The highest BCUT2D eigenvalue weighted by atomic mass is 79.9. The first-order valence-electron chi connectivity index (χ1n) is 8.32. The van der Waals surface area contributed by atoms with Gasteiger partial charge in [-0.25, -0.2) is 0 Å². The second kappa shape index (κ2) is 8.19. The van der Waals surface area contributed by atoms with E-state index in [2.05, 4.69) is 35.1 Å². The van der Waals surface area contributed by atoms with Crippen LogP contribution in [0.3, 0.4) is 0 Å². The first-order valence-corrected chi connectivity index (χ1v) is 9.11. The van der Waals surface area contributed by atoms with Gasteiger partial charge in [0.1, 0.15) is 5.75 Å². The Hall–Kier alpha value is -0.540. The molecule has 1 fully saturated rings. The van der Waals surface area contributed by atoms with E-state index >= 15 is 0 Å². The highest BCUT2D eigenvalue weighted by Gasteiger charge is 2.19. The average Bonchev–Trinajstić information content (AvgIpc) is 2.48. The van der Waals surface area contributed by atoms with Gasteiger partial charge in [-0.2, -0.15) is 0 Å². The van der Waals surface area contributed by atoms with Crippen LogP contribution >= 0.6 is 15.9 Å². The lowest BCUT2D eigenvalue weighted by atomic mass is 9.81. The highest BCUT2D eigenvalue weighted by molar-refractivity contribution is 9.10. The van der Waals surface area contributed by atoms with E-state index in [0.29, 0.717) is 5.75 Å². The molecule has 0 spiro atoms. The molecule has 0 bridgehead atoms. The molecule has 0 aliphatic heterocycles. The van der Waals surface area contributed by atoms with Crippen LogP contribution in [-0.4, -0.2) is 11.7 Å². The maximum absolute atomic E-state index is 10.1. The van der Waals surface area contributed by atoms with E-state index in [4.69, 9.17) is 0 Å². The zero-order valence-corrected chi connectivity index (χ0v) is 14.8. The summed E-state index contributed by atoms with van der Waals surface area (Å²) in [5.74, 6) is 2.21. The molecule has 21 heavy (non-hydrogen) atoms. The minimum atomic E-state index is 0.241. The Morgan fingerprint density at radius 3 is 2.67 bits per heavy atom. The third-order valence-electron chi connectivity index (χ3n) is 4.85. The molecule has 1 aromatic rings. The summed E-state index contributed by atoms with van der Waals surface area (Å²) in [4.78, 5) is 0. The topological polar surface area (TPSA) is 32.3 Å². The maximum Gasteiger partial charge on any atom is 0.120 e. The van der Waals surface area contributed by atoms with Gasteiger partial charge in [-0.05, 0) is 49.4 Å². The van der Waals surface area contributed by atoms with E-state index in [1.807, 2.05) is 12.1 Å². The van der Waals surface area contributed by atoms with Crippen molar-refractivity contribution in [1.82, 2.24) is 5.32 Å². The molecule has 0 radical (unpaired) electrons. The fourth-order valence-corrected chi connectivity index (χ4v) is 3.74. The van der Waals surface area contributed by atoms with Gasteiger partial charge >= 0.3 is 0 Å². The van der Waals surface area contributed by atoms with Crippen LogP contribution in [0.15, 0.2) is 22.7 Å². The number of phenols is 1. The number of phenolic OH excluding ortho intramolecular Hbond substituents is 1. The Balaban J connectivity index is 1.84. The first-order chi connectivity index (χ1) is 10.1. The van der Waals surface area contributed by atoms with Crippen LogP contribution in [0.2, 0.25) is 0 Å². The summed E-state index contributed by atoms with van der Waals surface area (Å²) in [6.45, 7) is 5.58. The molecule has 0 aromatic heterocycles. The van der Waals surface area contributed by atoms with Crippen molar-refractivity contribution in [3.63, 3.8) is 0 Å². The number of benzene rings is 1. The lowest BCUT2D eigenvalue weighted by molar-refractivity contribution is 0.272. The summed E-state index contributed by atoms with van der Waals surface area (Å²) in [5.41, 5.74) is 1.00. The standard InChI is InChI=1S/C18H28BrNO/c1-3-17(16-12-15(19)8-9-18(16)21)20-11-10-14-6-4-13(2)5-7-14/h8-9,12-14,17,20-21H,3-7,10-11H2,1-2H3. The number of aromatic hydroxyl groups is 1. The number of nitrogens with one attached hydrogen (secondary N) is 1. The van der Waals surface area contributed by atoms with Gasteiger partial charge in [-0.15, -0.1) is 0 Å². The number of hydrogen-bond donors (Lipinski definition) is 2. The molecule has 0 saturated heterocycles. The van der Waals surface area contributed by atoms with Gasteiger partial charge < -0.3 is 10.4 Å². The molecule has 1 aliphatic carbocycles. The zero-order chi connectivity index (χ0) is 15.2. The molecule has 1 atom stereocenters. The molecule has 1 saturated carbocycles. The van der Waals surface area contributed by atoms with Crippen molar-refractivity contribution in [3.8, 4) is 5.75 Å². The molecule has 2 rings (SSSR count). The van der Waals surface area contributed by atoms with Gasteiger partial charge in [-0.1, -0.05) is 55.5 Å². The first kappa shape index (κ1) is 16.8. The van der Waals surface area contributed by atoms with Gasteiger partial charge in [0.15, 0.2) is 0 Å². The fourth-order valence-electron chi connectivity index (χ4n) is 3.36. The van der Waals surface area contributed by atoms with Crippen molar-refractivity contribution in [2.75, 3.05) is 6.54 Å². The predicted molar refractivity (Wildman–Crippen MR) is 92.6 cm³/mol. The summed E-state index contributed by atoms with van der Waals surface area (Å²) in [6, 6.07) is 5.92. The Bertz CT molecular complexity index is 441. The maximum atomic E-state index is 10.1. The Kier molecular flexibility index (Phi) is 6.56. The smallest absolute Gasteiger partial charge is 0.120 e. The fraction of sp³-hybridized carbons (Fsp3) is 0.667. The second-order valence-electron chi connectivity index (χ2n) is 6.53. The highest BCUT2D eigenvalue weighted by Crippen LogP contribution is 2.31. The molecule has 1 aromatic carbocycles. The number of hydrogen-bond acceptors (Lipinski definition) is 2. The van der Waals surface area contributed by atoms with Gasteiger partial charge in [0.2, 0.25) is 0 Å². The van der Waals surface area contributed by atoms with Crippen molar-refractivity contribution < 1.29 is 5.11 Å². The summed E-state index contributed by atoms with van der Waals surface area (Å²) in [7, 11) is 0. The van der Waals surface area contributed by atoms with Crippen LogP contribution in [0, 0.1) is 11.8 Å². The molecular formula is C18H28BrNO. The van der Waals surface area contributed by atoms with Gasteiger partial charge in [0.05, 0.1) is 0 Å². The van der Waals surface area contributed by atoms with E-state index in [9.17, 15) is 5.11 Å². The summed E-state index contributed by atoms with van der Waals surface area (Å²) < 4.78 is 1.02. The molecule has 0 heterocycles.